The lowest BCUT2D eigenvalue weighted by molar-refractivity contribution is -0.120. The SMILES string of the molecule is O=C(CNC(=O)c1cccc(Br)c1)NCc1ccccc1OC1CCCC1. The van der Waals surface area contributed by atoms with Crippen molar-refractivity contribution < 1.29 is 14.3 Å². The van der Waals surface area contributed by atoms with Crippen LogP contribution in [0.1, 0.15) is 41.6 Å². The summed E-state index contributed by atoms with van der Waals surface area (Å²) in [7, 11) is 0. The molecule has 0 aromatic heterocycles. The second-order valence-electron chi connectivity index (χ2n) is 6.60. The predicted octanol–water partition coefficient (Wildman–Crippen LogP) is 3.82. The molecule has 2 N–H and O–H groups in total. The summed E-state index contributed by atoms with van der Waals surface area (Å²) in [6.45, 7) is 0.297. The van der Waals surface area contributed by atoms with Crippen molar-refractivity contribution in [2.45, 2.75) is 38.3 Å². The Morgan fingerprint density at radius 3 is 2.59 bits per heavy atom. The van der Waals surface area contributed by atoms with E-state index in [1.165, 1.54) is 12.8 Å². The van der Waals surface area contributed by atoms with Crippen molar-refractivity contribution in [2.24, 2.45) is 0 Å². The number of rotatable bonds is 7. The van der Waals surface area contributed by atoms with Crippen LogP contribution in [0.2, 0.25) is 0 Å². The van der Waals surface area contributed by atoms with Crippen molar-refractivity contribution in [3.63, 3.8) is 0 Å². The van der Waals surface area contributed by atoms with Gasteiger partial charge in [-0.3, -0.25) is 9.59 Å². The second kappa shape index (κ2) is 9.55. The molecule has 142 valence electrons. The van der Waals surface area contributed by atoms with Crippen molar-refractivity contribution in [1.82, 2.24) is 10.6 Å². The fourth-order valence-corrected chi connectivity index (χ4v) is 3.50. The van der Waals surface area contributed by atoms with E-state index in [4.69, 9.17) is 4.74 Å². The molecule has 5 nitrogen and oxygen atoms in total. The summed E-state index contributed by atoms with van der Waals surface area (Å²) < 4.78 is 6.90. The van der Waals surface area contributed by atoms with Crippen molar-refractivity contribution in [3.8, 4) is 5.75 Å². The third kappa shape index (κ3) is 5.82. The van der Waals surface area contributed by atoms with Crippen molar-refractivity contribution in [2.75, 3.05) is 6.54 Å². The normalized spacial score (nSPS) is 14.0. The van der Waals surface area contributed by atoms with Gasteiger partial charge >= 0.3 is 0 Å². The van der Waals surface area contributed by atoms with Gasteiger partial charge in [0, 0.05) is 22.1 Å². The highest BCUT2D eigenvalue weighted by atomic mass is 79.9. The third-order valence-electron chi connectivity index (χ3n) is 4.54. The Kier molecular flexibility index (Phi) is 6.87. The van der Waals surface area contributed by atoms with Gasteiger partial charge in [0.15, 0.2) is 0 Å². The first-order valence-electron chi connectivity index (χ1n) is 9.17. The van der Waals surface area contributed by atoms with Crippen LogP contribution >= 0.6 is 15.9 Å². The van der Waals surface area contributed by atoms with E-state index in [-0.39, 0.29) is 24.5 Å². The van der Waals surface area contributed by atoms with E-state index in [1.807, 2.05) is 30.3 Å². The Hall–Kier alpha value is -2.34. The number of ether oxygens (including phenoxy) is 1. The van der Waals surface area contributed by atoms with E-state index in [9.17, 15) is 9.59 Å². The number of hydrogen-bond acceptors (Lipinski definition) is 3. The van der Waals surface area contributed by atoms with E-state index in [0.717, 1.165) is 28.6 Å². The molecule has 1 aliphatic carbocycles. The molecule has 2 aromatic carbocycles. The van der Waals surface area contributed by atoms with E-state index < -0.39 is 0 Å². The number of para-hydroxylation sites is 1. The van der Waals surface area contributed by atoms with Crippen LogP contribution in [0.5, 0.6) is 5.75 Å². The van der Waals surface area contributed by atoms with Gasteiger partial charge in [0.2, 0.25) is 5.91 Å². The molecular weight excluding hydrogens is 408 g/mol. The Balaban J connectivity index is 1.48. The maximum atomic E-state index is 12.1. The number of benzene rings is 2. The lowest BCUT2D eigenvalue weighted by atomic mass is 10.2. The molecule has 0 unspecified atom stereocenters. The van der Waals surface area contributed by atoms with Crippen LogP contribution in [0, 0.1) is 0 Å². The smallest absolute Gasteiger partial charge is 0.251 e. The summed E-state index contributed by atoms with van der Waals surface area (Å²) >= 11 is 3.33. The van der Waals surface area contributed by atoms with Crippen LogP contribution in [0.15, 0.2) is 53.0 Å². The van der Waals surface area contributed by atoms with Gasteiger partial charge in [-0.05, 0) is 49.9 Å². The first-order chi connectivity index (χ1) is 13.1. The molecule has 2 amide bonds. The molecule has 1 aliphatic rings. The molecule has 0 saturated heterocycles. The first-order valence-corrected chi connectivity index (χ1v) is 9.96. The van der Waals surface area contributed by atoms with Crippen LogP contribution in [0.3, 0.4) is 0 Å². The van der Waals surface area contributed by atoms with Crippen molar-refractivity contribution in [3.05, 3.63) is 64.1 Å². The average molecular weight is 431 g/mol. The van der Waals surface area contributed by atoms with Gasteiger partial charge in [-0.1, -0.05) is 40.2 Å². The van der Waals surface area contributed by atoms with Crippen LogP contribution in [0.25, 0.3) is 0 Å². The zero-order valence-corrected chi connectivity index (χ0v) is 16.6. The predicted molar refractivity (Wildman–Crippen MR) is 108 cm³/mol. The minimum absolute atomic E-state index is 0.0724. The Morgan fingerprint density at radius 1 is 1.04 bits per heavy atom. The number of carbonyl (C=O) groups excluding carboxylic acids is 2. The van der Waals surface area contributed by atoms with Crippen LogP contribution < -0.4 is 15.4 Å². The highest BCUT2D eigenvalue weighted by Crippen LogP contribution is 2.26. The van der Waals surface area contributed by atoms with E-state index in [1.54, 1.807) is 18.2 Å². The number of hydrogen-bond donors (Lipinski definition) is 2. The molecule has 0 radical (unpaired) electrons. The van der Waals surface area contributed by atoms with Gasteiger partial charge in [-0.15, -0.1) is 0 Å². The van der Waals surface area contributed by atoms with Gasteiger partial charge < -0.3 is 15.4 Å². The van der Waals surface area contributed by atoms with Gasteiger partial charge in [-0.25, -0.2) is 0 Å². The highest BCUT2D eigenvalue weighted by Gasteiger charge is 2.18. The quantitative estimate of drug-likeness (QED) is 0.701. The Labute approximate surface area is 167 Å². The largest absolute Gasteiger partial charge is 0.490 e. The van der Waals surface area contributed by atoms with E-state index in [0.29, 0.717) is 12.1 Å². The summed E-state index contributed by atoms with van der Waals surface area (Å²) in [6.07, 6.45) is 4.86. The maximum Gasteiger partial charge on any atom is 0.251 e. The summed E-state index contributed by atoms with van der Waals surface area (Å²) in [5, 5.41) is 5.47. The molecule has 6 heteroatoms. The fourth-order valence-electron chi connectivity index (χ4n) is 3.10. The molecule has 1 saturated carbocycles. The molecule has 0 atom stereocenters. The molecule has 0 heterocycles. The second-order valence-corrected chi connectivity index (χ2v) is 7.52. The van der Waals surface area contributed by atoms with Gasteiger partial charge in [0.1, 0.15) is 5.75 Å². The molecule has 0 spiro atoms. The zero-order valence-electron chi connectivity index (χ0n) is 15.0. The molecule has 0 bridgehead atoms. The molecular formula is C21H23BrN2O3. The Bertz CT molecular complexity index is 804. The van der Waals surface area contributed by atoms with Gasteiger partial charge in [0.25, 0.3) is 5.91 Å². The summed E-state index contributed by atoms with van der Waals surface area (Å²) in [4.78, 5) is 24.2. The van der Waals surface area contributed by atoms with E-state index in [2.05, 4.69) is 26.6 Å². The lowest BCUT2D eigenvalue weighted by Gasteiger charge is -2.17. The number of nitrogens with one attached hydrogen (secondary N) is 2. The summed E-state index contributed by atoms with van der Waals surface area (Å²) in [5.41, 5.74) is 1.45. The van der Waals surface area contributed by atoms with Gasteiger partial charge in [0.05, 0.1) is 12.6 Å². The average Bonchev–Trinajstić information content (AvgIpc) is 3.18. The summed E-state index contributed by atoms with van der Waals surface area (Å²) in [5.74, 6) is 0.299. The first kappa shape index (κ1) is 19.4. The molecule has 1 fully saturated rings. The maximum absolute atomic E-state index is 12.1. The van der Waals surface area contributed by atoms with Crippen LogP contribution in [-0.4, -0.2) is 24.5 Å². The third-order valence-corrected chi connectivity index (χ3v) is 5.03. The minimum atomic E-state index is -0.281. The lowest BCUT2D eigenvalue weighted by Crippen LogP contribution is -2.36. The van der Waals surface area contributed by atoms with Gasteiger partial charge in [-0.2, -0.15) is 0 Å². The van der Waals surface area contributed by atoms with Crippen LogP contribution in [-0.2, 0) is 11.3 Å². The van der Waals surface area contributed by atoms with Crippen molar-refractivity contribution >= 4 is 27.7 Å². The number of amides is 2. The monoisotopic (exact) mass is 430 g/mol. The Morgan fingerprint density at radius 2 is 1.81 bits per heavy atom. The number of halogens is 1. The molecule has 2 aromatic rings. The molecule has 0 aliphatic heterocycles. The van der Waals surface area contributed by atoms with Crippen molar-refractivity contribution in [1.29, 1.82) is 0 Å². The zero-order chi connectivity index (χ0) is 19.1. The summed E-state index contributed by atoms with van der Waals surface area (Å²) in [6, 6.07) is 14.8. The fraction of sp³-hybridized carbons (Fsp3) is 0.333. The molecule has 27 heavy (non-hydrogen) atoms. The minimum Gasteiger partial charge on any atom is -0.490 e. The topological polar surface area (TPSA) is 67.4 Å². The molecule has 3 rings (SSSR count). The van der Waals surface area contributed by atoms with Crippen LogP contribution in [0.4, 0.5) is 0 Å². The van der Waals surface area contributed by atoms with E-state index >= 15 is 0 Å². The standard InChI is InChI=1S/C21H23BrN2O3/c22-17-8-5-7-15(12-17)21(26)24-14-20(25)23-13-16-6-1-4-11-19(16)27-18-9-2-3-10-18/h1,4-8,11-12,18H,2-3,9-10,13-14H2,(H,23,25)(H,24,26). The highest BCUT2D eigenvalue weighted by molar-refractivity contribution is 9.10. The number of carbonyl (C=O) groups is 2.